The fourth-order valence-electron chi connectivity index (χ4n) is 3.31. The van der Waals surface area contributed by atoms with Gasteiger partial charge >= 0.3 is 0 Å². The minimum atomic E-state index is 0.151. The Morgan fingerprint density at radius 3 is 2.36 bits per heavy atom. The quantitative estimate of drug-likeness (QED) is 0.776. The normalized spacial score (nSPS) is 23.4. The molecule has 2 saturated heterocycles. The Morgan fingerprint density at radius 2 is 1.82 bits per heavy atom. The molecule has 2 aliphatic heterocycles. The van der Waals surface area contributed by atoms with E-state index in [0.29, 0.717) is 12.5 Å². The SMILES string of the molecule is CCN(CC)C(=O)CN1CCN(C(=O)C2CCCNC2)CC1. The topological polar surface area (TPSA) is 55.9 Å². The summed E-state index contributed by atoms with van der Waals surface area (Å²) >= 11 is 0. The zero-order chi connectivity index (χ0) is 15.9. The van der Waals surface area contributed by atoms with Crippen molar-refractivity contribution in [3.63, 3.8) is 0 Å². The predicted molar refractivity (Wildman–Crippen MR) is 86.5 cm³/mol. The first-order valence-electron chi connectivity index (χ1n) is 8.65. The van der Waals surface area contributed by atoms with Gasteiger partial charge in [0.25, 0.3) is 0 Å². The molecule has 0 aromatic rings. The maximum absolute atomic E-state index is 12.5. The molecule has 0 aromatic heterocycles. The number of piperidine rings is 1. The number of rotatable bonds is 5. The van der Waals surface area contributed by atoms with Gasteiger partial charge in [-0.2, -0.15) is 0 Å². The molecule has 2 heterocycles. The Labute approximate surface area is 133 Å². The molecule has 0 bridgehead atoms. The maximum Gasteiger partial charge on any atom is 0.236 e. The van der Waals surface area contributed by atoms with Gasteiger partial charge in [0, 0.05) is 45.8 Å². The van der Waals surface area contributed by atoms with Gasteiger partial charge in [-0.3, -0.25) is 14.5 Å². The van der Waals surface area contributed by atoms with E-state index >= 15 is 0 Å². The first-order valence-corrected chi connectivity index (χ1v) is 8.65. The van der Waals surface area contributed by atoms with Crippen LogP contribution in [0.1, 0.15) is 26.7 Å². The summed E-state index contributed by atoms with van der Waals surface area (Å²) in [5.74, 6) is 0.640. The van der Waals surface area contributed by atoms with E-state index in [9.17, 15) is 9.59 Å². The number of amides is 2. The minimum absolute atomic E-state index is 0.151. The van der Waals surface area contributed by atoms with Crippen LogP contribution in [0.4, 0.5) is 0 Å². The molecule has 0 radical (unpaired) electrons. The van der Waals surface area contributed by atoms with Gasteiger partial charge in [-0.1, -0.05) is 0 Å². The van der Waals surface area contributed by atoms with Gasteiger partial charge in [0.05, 0.1) is 12.5 Å². The number of likely N-dealkylation sites (N-methyl/N-ethyl adjacent to an activating group) is 1. The molecule has 2 fully saturated rings. The Bertz CT molecular complexity index is 370. The lowest BCUT2D eigenvalue weighted by Gasteiger charge is -2.37. The van der Waals surface area contributed by atoms with Crippen LogP contribution in [0.2, 0.25) is 0 Å². The van der Waals surface area contributed by atoms with Crippen molar-refractivity contribution in [1.82, 2.24) is 20.0 Å². The van der Waals surface area contributed by atoms with Crippen LogP contribution in [0.15, 0.2) is 0 Å². The Morgan fingerprint density at radius 1 is 1.14 bits per heavy atom. The molecule has 2 rings (SSSR count). The van der Waals surface area contributed by atoms with E-state index in [1.165, 1.54) is 0 Å². The van der Waals surface area contributed by atoms with Gasteiger partial charge < -0.3 is 15.1 Å². The first-order chi connectivity index (χ1) is 10.7. The van der Waals surface area contributed by atoms with Gasteiger partial charge in [0.15, 0.2) is 0 Å². The van der Waals surface area contributed by atoms with E-state index in [-0.39, 0.29) is 11.8 Å². The highest BCUT2D eigenvalue weighted by molar-refractivity contribution is 5.80. The first kappa shape index (κ1) is 17.2. The van der Waals surface area contributed by atoms with Crippen LogP contribution in [0.3, 0.4) is 0 Å². The number of carbonyl (C=O) groups is 2. The van der Waals surface area contributed by atoms with E-state index in [4.69, 9.17) is 0 Å². The fourth-order valence-corrected chi connectivity index (χ4v) is 3.31. The number of hydrogen-bond donors (Lipinski definition) is 1. The van der Waals surface area contributed by atoms with Gasteiger partial charge in [0.2, 0.25) is 11.8 Å². The summed E-state index contributed by atoms with van der Waals surface area (Å²) in [6.07, 6.45) is 2.10. The van der Waals surface area contributed by atoms with Crippen molar-refractivity contribution >= 4 is 11.8 Å². The molecule has 2 aliphatic rings. The molecule has 126 valence electrons. The van der Waals surface area contributed by atoms with Gasteiger partial charge in [0.1, 0.15) is 0 Å². The van der Waals surface area contributed by atoms with Crippen molar-refractivity contribution in [2.75, 3.05) is 58.9 Å². The molecule has 1 unspecified atom stereocenters. The Hall–Kier alpha value is -1.14. The lowest BCUT2D eigenvalue weighted by Crippen LogP contribution is -2.53. The van der Waals surface area contributed by atoms with E-state index in [0.717, 1.165) is 65.2 Å². The molecular weight excluding hydrogens is 280 g/mol. The molecule has 2 amide bonds. The maximum atomic E-state index is 12.5. The molecule has 0 aliphatic carbocycles. The van der Waals surface area contributed by atoms with Crippen molar-refractivity contribution in [2.45, 2.75) is 26.7 Å². The van der Waals surface area contributed by atoms with Crippen LogP contribution in [0, 0.1) is 5.92 Å². The van der Waals surface area contributed by atoms with Crippen molar-refractivity contribution in [2.24, 2.45) is 5.92 Å². The van der Waals surface area contributed by atoms with Crippen LogP contribution >= 0.6 is 0 Å². The fraction of sp³-hybridized carbons (Fsp3) is 0.875. The Balaban J connectivity index is 1.75. The lowest BCUT2D eigenvalue weighted by molar-refractivity contribution is -0.138. The predicted octanol–water partition coefficient (Wildman–Crippen LogP) is -0.00140. The highest BCUT2D eigenvalue weighted by Gasteiger charge is 2.29. The minimum Gasteiger partial charge on any atom is -0.342 e. The molecule has 1 atom stereocenters. The summed E-state index contributed by atoms with van der Waals surface area (Å²) in [5, 5.41) is 3.31. The van der Waals surface area contributed by atoms with Crippen molar-refractivity contribution in [3.05, 3.63) is 0 Å². The molecule has 0 spiro atoms. The number of nitrogens with zero attached hydrogens (tertiary/aromatic N) is 3. The second-order valence-electron chi connectivity index (χ2n) is 6.21. The van der Waals surface area contributed by atoms with Crippen LogP contribution in [-0.2, 0) is 9.59 Å². The van der Waals surface area contributed by atoms with Crippen molar-refractivity contribution in [1.29, 1.82) is 0 Å². The molecule has 1 N–H and O–H groups in total. The molecule has 6 heteroatoms. The molecular formula is C16H30N4O2. The summed E-state index contributed by atoms with van der Waals surface area (Å²) in [7, 11) is 0. The van der Waals surface area contributed by atoms with Gasteiger partial charge in [-0.15, -0.1) is 0 Å². The summed E-state index contributed by atoms with van der Waals surface area (Å²) in [4.78, 5) is 30.6. The molecule has 0 aromatic carbocycles. The second-order valence-corrected chi connectivity index (χ2v) is 6.21. The number of piperazine rings is 1. The third-order valence-electron chi connectivity index (χ3n) is 4.81. The molecule has 0 saturated carbocycles. The van der Waals surface area contributed by atoms with E-state index in [1.54, 1.807) is 0 Å². The van der Waals surface area contributed by atoms with Crippen LogP contribution in [0.5, 0.6) is 0 Å². The third kappa shape index (κ3) is 4.43. The van der Waals surface area contributed by atoms with Crippen molar-refractivity contribution < 1.29 is 9.59 Å². The average molecular weight is 310 g/mol. The number of carbonyl (C=O) groups excluding carboxylic acids is 2. The van der Waals surface area contributed by atoms with Crippen LogP contribution in [-0.4, -0.2) is 85.4 Å². The zero-order valence-corrected chi connectivity index (χ0v) is 14.0. The smallest absolute Gasteiger partial charge is 0.236 e. The number of hydrogen-bond acceptors (Lipinski definition) is 4. The zero-order valence-electron chi connectivity index (χ0n) is 14.0. The van der Waals surface area contributed by atoms with E-state index < -0.39 is 0 Å². The van der Waals surface area contributed by atoms with Crippen LogP contribution < -0.4 is 5.32 Å². The largest absolute Gasteiger partial charge is 0.342 e. The standard InChI is InChI=1S/C16H30N4O2/c1-3-19(4-2)15(21)13-18-8-10-20(11-9-18)16(22)14-6-5-7-17-12-14/h14,17H,3-13H2,1-2H3. The van der Waals surface area contributed by atoms with Crippen molar-refractivity contribution in [3.8, 4) is 0 Å². The highest BCUT2D eigenvalue weighted by Crippen LogP contribution is 2.15. The monoisotopic (exact) mass is 310 g/mol. The molecule has 6 nitrogen and oxygen atoms in total. The van der Waals surface area contributed by atoms with Gasteiger partial charge in [-0.25, -0.2) is 0 Å². The van der Waals surface area contributed by atoms with E-state index in [1.807, 2.05) is 23.6 Å². The highest BCUT2D eigenvalue weighted by atomic mass is 16.2. The Kier molecular flexibility index (Phi) is 6.64. The number of nitrogens with one attached hydrogen (secondary N) is 1. The average Bonchev–Trinajstić information content (AvgIpc) is 2.57. The van der Waals surface area contributed by atoms with Gasteiger partial charge in [-0.05, 0) is 33.2 Å². The van der Waals surface area contributed by atoms with Crippen LogP contribution in [0.25, 0.3) is 0 Å². The molecule has 22 heavy (non-hydrogen) atoms. The lowest BCUT2D eigenvalue weighted by atomic mass is 9.98. The summed E-state index contributed by atoms with van der Waals surface area (Å²) in [6.45, 7) is 11.0. The second kappa shape index (κ2) is 8.48. The summed E-state index contributed by atoms with van der Waals surface area (Å²) in [5.41, 5.74) is 0. The van der Waals surface area contributed by atoms with E-state index in [2.05, 4.69) is 10.2 Å². The summed E-state index contributed by atoms with van der Waals surface area (Å²) < 4.78 is 0. The third-order valence-corrected chi connectivity index (χ3v) is 4.81. The summed E-state index contributed by atoms with van der Waals surface area (Å²) in [6, 6.07) is 0.